The lowest BCUT2D eigenvalue weighted by molar-refractivity contribution is -0.133. The third kappa shape index (κ3) is 3.53. The normalized spacial score (nSPS) is 17.1. The molecule has 1 saturated heterocycles. The quantitative estimate of drug-likeness (QED) is 0.848. The molecular weight excluding hydrogens is 216 g/mol. The number of aromatic nitrogens is 1. The molecule has 2 heterocycles. The molecule has 0 unspecified atom stereocenters. The van der Waals surface area contributed by atoms with Crippen LogP contribution in [0.2, 0.25) is 0 Å². The number of hydrogen-bond donors (Lipinski definition) is 1. The summed E-state index contributed by atoms with van der Waals surface area (Å²) in [6, 6.07) is 3.88. The van der Waals surface area contributed by atoms with E-state index in [-0.39, 0.29) is 12.0 Å². The molecule has 0 spiro atoms. The first kappa shape index (κ1) is 12.0. The Labute approximate surface area is 101 Å². The van der Waals surface area contributed by atoms with Crippen molar-refractivity contribution in [2.24, 2.45) is 0 Å². The van der Waals surface area contributed by atoms with Gasteiger partial charge in [-0.3, -0.25) is 9.78 Å². The van der Waals surface area contributed by atoms with Gasteiger partial charge in [-0.05, 0) is 37.0 Å². The third-order valence-corrected chi connectivity index (χ3v) is 3.19. The zero-order valence-electron chi connectivity index (χ0n) is 9.88. The molecule has 0 radical (unpaired) electrons. The molecule has 92 valence electrons. The Morgan fingerprint density at radius 3 is 2.65 bits per heavy atom. The van der Waals surface area contributed by atoms with Gasteiger partial charge in [0.15, 0.2) is 0 Å². The van der Waals surface area contributed by atoms with Crippen molar-refractivity contribution in [1.82, 2.24) is 9.88 Å². The van der Waals surface area contributed by atoms with Crippen LogP contribution in [0.5, 0.6) is 0 Å². The van der Waals surface area contributed by atoms with Crippen molar-refractivity contribution >= 4 is 5.91 Å². The predicted octanol–water partition coefficient (Wildman–Crippen LogP) is 0.998. The third-order valence-electron chi connectivity index (χ3n) is 3.19. The summed E-state index contributed by atoms with van der Waals surface area (Å²) in [5, 5.41) is 9.37. The maximum absolute atomic E-state index is 11.9. The summed E-state index contributed by atoms with van der Waals surface area (Å²) >= 11 is 0. The first-order valence-electron chi connectivity index (χ1n) is 6.10. The second-order valence-corrected chi connectivity index (χ2v) is 4.47. The van der Waals surface area contributed by atoms with Crippen LogP contribution in [0.4, 0.5) is 0 Å². The lowest BCUT2D eigenvalue weighted by Gasteiger charge is -2.29. The van der Waals surface area contributed by atoms with Gasteiger partial charge in [-0.1, -0.05) is 0 Å². The number of pyridine rings is 1. The number of rotatable bonds is 3. The topological polar surface area (TPSA) is 53.4 Å². The van der Waals surface area contributed by atoms with Gasteiger partial charge >= 0.3 is 0 Å². The Bertz CT molecular complexity index is 359. The van der Waals surface area contributed by atoms with Gasteiger partial charge in [0, 0.05) is 31.9 Å². The van der Waals surface area contributed by atoms with E-state index >= 15 is 0 Å². The van der Waals surface area contributed by atoms with E-state index in [0.29, 0.717) is 32.4 Å². The largest absolute Gasteiger partial charge is 0.393 e. The number of carbonyl (C=O) groups excluding carboxylic acids is 1. The minimum Gasteiger partial charge on any atom is -0.393 e. The summed E-state index contributed by atoms with van der Waals surface area (Å²) in [7, 11) is 0. The van der Waals surface area contributed by atoms with E-state index in [0.717, 1.165) is 12.0 Å². The molecule has 0 saturated carbocycles. The molecule has 4 heteroatoms. The van der Waals surface area contributed by atoms with Crippen LogP contribution in [0.3, 0.4) is 0 Å². The summed E-state index contributed by atoms with van der Waals surface area (Å²) in [4.78, 5) is 17.7. The Balaban J connectivity index is 1.78. The second kappa shape index (κ2) is 5.77. The Kier molecular flexibility index (Phi) is 4.09. The minimum atomic E-state index is -0.223. The van der Waals surface area contributed by atoms with Gasteiger partial charge in [-0.15, -0.1) is 0 Å². The maximum Gasteiger partial charge on any atom is 0.222 e. The zero-order valence-corrected chi connectivity index (χ0v) is 9.88. The highest BCUT2D eigenvalue weighted by molar-refractivity contribution is 5.76. The molecule has 1 N–H and O–H groups in total. The van der Waals surface area contributed by atoms with Crippen LogP contribution in [-0.2, 0) is 11.2 Å². The number of amides is 1. The van der Waals surface area contributed by atoms with E-state index in [1.807, 2.05) is 17.0 Å². The van der Waals surface area contributed by atoms with Crippen molar-refractivity contribution in [1.29, 1.82) is 0 Å². The van der Waals surface area contributed by atoms with Gasteiger partial charge in [0.1, 0.15) is 0 Å². The van der Waals surface area contributed by atoms with Crippen LogP contribution < -0.4 is 0 Å². The van der Waals surface area contributed by atoms with Gasteiger partial charge in [-0.2, -0.15) is 0 Å². The SMILES string of the molecule is O=C(CCc1ccncc1)N1CCC(O)CC1. The fourth-order valence-electron chi connectivity index (χ4n) is 2.07. The number of carbonyl (C=O) groups is 1. The summed E-state index contributed by atoms with van der Waals surface area (Å²) in [6.07, 6.45) is 6.00. The van der Waals surface area contributed by atoms with Gasteiger partial charge in [-0.25, -0.2) is 0 Å². The monoisotopic (exact) mass is 234 g/mol. The van der Waals surface area contributed by atoms with Crippen molar-refractivity contribution in [3.05, 3.63) is 30.1 Å². The molecule has 1 aromatic heterocycles. The summed E-state index contributed by atoms with van der Waals surface area (Å²) < 4.78 is 0. The Morgan fingerprint density at radius 2 is 2.00 bits per heavy atom. The number of aliphatic hydroxyl groups excluding tert-OH is 1. The smallest absolute Gasteiger partial charge is 0.222 e. The molecule has 0 atom stereocenters. The fraction of sp³-hybridized carbons (Fsp3) is 0.538. The highest BCUT2D eigenvalue weighted by Gasteiger charge is 2.20. The van der Waals surface area contributed by atoms with Crippen LogP contribution >= 0.6 is 0 Å². The van der Waals surface area contributed by atoms with Gasteiger partial charge in [0.25, 0.3) is 0 Å². The van der Waals surface area contributed by atoms with Crippen molar-refractivity contribution in [3.63, 3.8) is 0 Å². The first-order valence-corrected chi connectivity index (χ1v) is 6.10. The first-order chi connectivity index (χ1) is 8.25. The maximum atomic E-state index is 11.9. The molecule has 1 amide bonds. The molecule has 0 aromatic carbocycles. The lowest BCUT2D eigenvalue weighted by atomic mass is 10.1. The highest BCUT2D eigenvalue weighted by Crippen LogP contribution is 2.12. The van der Waals surface area contributed by atoms with Crippen LogP contribution in [0, 0.1) is 0 Å². The molecule has 0 aliphatic carbocycles. The summed E-state index contributed by atoms with van der Waals surface area (Å²) in [5.74, 6) is 0.189. The molecule has 17 heavy (non-hydrogen) atoms. The van der Waals surface area contributed by atoms with E-state index in [4.69, 9.17) is 0 Å². The van der Waals surface area contributed by atoms with Crippen LogP contribution in [0.25, 0.3) is 0 Å². The summed E-state index contributed by atoms with van der Waals surface area (Å²) in [6.45, 7) is 1.38. The molecule has 1 aliphatic rings. The minimum absolute atomic E-state index is 0.189. The number of likely N-dealkylation sites (tertiary alicyclic amines) is 1. The number of hydrogen-bond acceptors (Lipinski definition) is 3. The number of piperidine rings is 1. The lowest BCUT2D eigenvalue weighted by Crippen LogP contribution is -2.40. The molecule has 4 nitrogen and oxygen atoms in total. The standard InChI is InChI=1S/C13H18N2O2/c16-12-5-9-15(10-6-12)13(17)2-1-11-3-7-14-8-4-11/h3-4,7-8,12,16H,1-2,5-6,9-10H2. The average molecular weight is 234 g/mol. The molecule has 1 aromatic rings. The molecule has 1 fully saturated rings. The molecule has 1 aliphatic heterocycles. The molecule has 0 bridgehead atoms. The highest BCUT2D eigenvalue weighted by atomic mass is 16.3. The molecule has 2 rings (SSSR count). The van der Waals surface area contributed by atoms with Crippen molar-refractivity contribution < 1.29 is 9.90 Å². The Hall–Kier alpha value is -1.42. The Morgan fingerprint density at radius 1 is 1.35 bits per heavy atom. The van der Waals surface area contributed by atoms with Crippen LogP contribution in [0.15, 0.2) is 24.5 Å². The average Bonchev–Trinajstić information content (AvgIpc) is 2.38. The number of nitrogens with zero attached hydrogens (tertiary/aromatic N) is 2. The van der Waals surface area contributed by atoms with Crippen molar-refractivity contribution in [2.75, 3.05) is 13.1 Å². The van der Waals surface area contributed by atoms with Gasteiger partial charge in [0.2, 0.25) is 5.91 Å². The van der Waals surface area contributed by atoms with E-state index in [2.05, 4.69) is 4.98 Å². The van der Waals surface area contributed by atoms with Crippen LogP contribution in [0.1, 0.15) is 24.8 Å². The van der Waals surface area contributed by atoms with E-state index < -0.39 is 0 Å². The molecular formula is C13H18N2O2. The van der Waals surface area contributed by atoms with Gasteiger partial charge in [0.05, 0.1) is 6.10 Å². The fourth-order valence-corrected chi connectivity index (χ4v) is 2.07. The number of aryl methyl sites for hydroxylation is 1. The van der Waals surface area contributed by atoms with Gasteiger partial charge < -0.3 is 10.0 Å². The zero-order chi connectivity index (χ0) is 12.1. The summed E-state index contributed by atoms with van der Waals surface area (Å²) in [5.41, 5.74) is 1.14. The predicted molar refractivity (Wildman–Crippen MR) is 64.4 cm³/mol. The van der Waals surface area contributed by atoms with E-state index in [9.17, 15) is 9.90 Å². The van der Waals surface area contributed by atoms with Crippen LogP contribution in [-0.4, -0.2) is 40.1 Å². The van der Waals surface area contributed by atoms with Crippen molar-refractivity contribution in [2.45, 2.75) is 31.8 Å². The van der Waals surface area contributed by atoms with E-state index in [1.54, 1.807) is 12.4 Å². The van der Waals surface area contributed by atoms with Crippen molar-refractivity contribution in [3.8, 4) is 0 Å². The number of aliphatic hydroxyl groups is 1. The second-order valence-electron chi connectivity index (χ2n) is 4.47. The van der Waals surface area contributed by atoms with E-state index in [1.165, 1.54) is 0 Å².